The van der Waals surface area contributed by atoms with Crippen molar-refractivity contribution in [3.63, 3.8) is 0 Å². The van der Waals surface area contributed by atoms with Gasteiger partial charge in [0.25, 0.3) is 5.91 Å². The third-order valence-corrected chi connectivity index (χ3v) is 4.07. The minimum absolute atomic E-state index is 0.201. The number of carbonyl (C=O) groups excluding carboxylic acids is 1. The van der Waals surface area contributed by atoms with Crippen molar-refractivity contribution < 1.29 is 9.18 Å². The molecule has 2 N–H and O–H groups in total. The molecule has 7 heteroatoms. The van der Waals surface area contributed by atoms with Crippen LogP contribution < -0.4 is 10.6 Å². The Kier molecular flexibility index (Phi) is 4.63. The molecule has 0 aliphatic rings. The second-order valence-corrected chi connectivity index (χ2v) is 6.18. The van der Waals surface area contributed by atoms with Gasteiger partial charge in [-0.15, -0.1) is 0 Å². The largest absolute Gasteiger partial charge is 0.322 e. The minimum Gasteiger partial charge on any atom is -0.322 e. The highest BCUT2D eigenvalue weighted by Gasteiger charge is 2.12. The summed E-state index contributed by atoms with van der Waals surface area (Å²) in [5.41, 5.74) is 2.85. The third-order valence-electron chi connectivity index (χ3n) is 4.07. The molecule has 0 saturated heterocycles. The van der Waals surface area contributed by atoms with Gasteiger partial charge >= 0.3 is 0 Å². The van der Waals surface area contributed by atoms with Crippen LogP contribution in [0.5, 0.6) is 0 Å². The first-order valence-corrected chi connectivity index (χ1v) is 8.62. The molecule has 28 heavy (non-hydrogen) atoms. The number of nitrogens with zero attached hydrogens (tertiary/aromatic N) is 3. The number of pyridine rings is 1. The highest BCUT2D eigenvalue weighted by molar-refractivity contribution is 6.03. The molecule has 0 radical (unpaired) electrons. The molecule has 2 heterocycles. The Balaban J connectivity index is 1.61. The molecular weight excluding hydrogens is 357 g/mol. The standard InChI is InChI=1S/C21H16FN5O/c1-13-12-18(20(28)25-16-9-7-15(22)8-10-16)27-21(24-13)26-17-6-2-4-14-5-3-11-23-19(14)17/h2-12H,1H3,(H,25,28)(H,24,26,27). The summed E-state index contributed by atoms with van der Waals surface area (Å²) in [6.45, 7) is 1.78. The van der Waals surface area contributed by atoms with Crippen molar-refractivity contribution in [2.75, 3.05) is 10.6 Å². The lowest BCUT2D eigenvalue weighted by molar-refractivity contribution is 0.102. The number of hydrogen-bond acceptors (Lipinski definition) is 5. The quantitative estimate of drug-likeness (QED) is 0.552. The average Bonchev–Trinajstić information content (AvgIpc) is 2.69. The fourth-order valence-electron chi connectivity index (χ4n) is 2.79. The van der Waals surface area contributed by atoms with Crippen LogP contribution in [0.15, 0.2) is 66.9 Å². The first kappa shape index (κ1) is 17.5. The second kappa shape index (κ2) is 7.40. The average molecular weight is 373 g/mol. The number of aromatic nitrogens is 3. The Bertz CT molecular complexity index is 1160. The minimum atomic E-state index is -0.406. The molecule has 0 saturated carbocycles. The van der Waals surface area contributed by atoms with Gasteiger partial charge in [0.2, 0.25) is 5.95 Å². The van der Waals surface area contributed by atoms with Crippen LogP contribution in [0.2, 0.25) is 0 Å². The van der Waals surface area contributed by atoms with Gasteiger partial charge in [-0.1, -0.05) is 18.2 Å². The zero-order valence-corrected chi connectivity index (χ0v) is 15.0. The molecule has 0 spiro atoms. The Labute approximate surface area is 160 Å². The van der Waals surface area contributed by atoms with Crippen molar-refractivity contribution in [2.45, 2.75) is 6.92 Å². The molecule has 6 nitrogen and oxygen atoms in total. The van der Waals surface area contributed by atoms with Crippen LogP contribution in [-0.4, -0.2) is 20.9 Å². The van der Waals surface area contributed by atoms with Crippen molar-refractivity contribution in [1.29, 1.82) is 0 Å². The highest BCUT2D eigenvalue weighted by atomic mass is 19.1. The third kappa shape index (κ3) is 3.78. The number of nitrogens with one attached hydrogen (secondary N) is 2. The van der Waals surface area contributed by atoms with E-state index in [4.69, 9.17) is 0 Å². The van der Waals surface area contributed by atoms with Crippen LogP contribution in [0.1, 0.15) is 16.2 Å². The van der Waals surface area contributed by atoms with Crippen molar-refractivity contribution in [3.05, 3.63) is 84.1 Å². The van der Waals surface area contributed by atoms with E-state index in [2.05, 4.69) is 25.6 Å². The number of halogens is 1. The van der Waals surface area contributed by atoms with E-state index in [0.717, 1.165) is 16.6 Å². The first-order chi connectivity index (χ1) is 13.6. The first-order valence-electron chi connectivity index (χ1n) is 8.62. The van der Waals surface area contributed by atoms with Gasteiger partial charge in [-0.25, -0.2) is 14.4 Å². The van der Waals surface area contributed by atoms with E-state index in [-0.39, 0.29) is 11.5 Å². The molecule has 0 bridgehead atoms. The summed E-state index contributed by atoms with van der Waals surface area (Å²) < 4.78 is 13.0. The molecule has 0 unspecified atom stereocenters. The maximum absolute atomic E-state index is 13.0. The second-order valence-electron chi connectivity index (χ2n) is 6.18. The number of anilines is 3. The summed E-state index contributed by atoms with van der Waals surface area (Å²) >= 11 is 0. The van der Waals surface area contributed by atoms with Gasteiger partial charge in [-0.2, -0.15) is 0 Å². The molecule has 0 atom stereocenters. The number of carbonyl (C=O) groups is 1. The van der Waals surface area contributed by atoms with E-state index in [1.807, 2.05) is 30.3 Å². The maximum atomic E-state index is 13.0. The van der Waals surface area contributed by atoms with Crippen LogP contribution in [0.3, 0.4) is 0 Å². The Hall–Kier alpha value is -3.87. The molecule has 0 aliphatic carbocycles. The van der Waals surface area contributed by atoms with Crippen LogP contribution >= 0.6 is 0 Å². The summed E-state index contributed by atoms with van der Waals surface area (Å²) in [7, 11) is 0. The number of fused-ring (bicyclic) bond motifs is 1. The molecule has 138 valence electrons. The molecule has 0 fully saturated rings. The normalized spacial score (nSPS) is 10.6. The molecule has 2 aromatic heterocycles. The molecule has 1 amide bonds. The van der Waals surface area contributed by atoms with Crippen molar-refractivity contribution in [3.8, 4) is 0 Å². The van der Waals surface area contributed by atoms with Gasteiger partial charge in [0, 0.05) is 23.0 Å². The Morgan fingerprint density at radius 2 is 1.79 bits per heavy atom. The lowest BCUT2D eigenvalue weighted by Crippen LogP contribution is -2.15. The summed E-state index contributed by atoms with van der Waals surface area (Å²) in [6, 6.07) is 16.7. The summed E-state index contributed by atoms with van der Waals surface area (Å²) in [4.78, 5) is 25.6. The van der Waals surface area contributed by atoms with Crippen molar-refractivity contribution in [1.82, 2.24) is 15.0 Å². The van der Waals surface area contributed by atoms with E-state index in [9.17, 15) is 9.18 Å². The van der Waals surface area contributed by atoms with Crippen LogP contribution in [0.4, 0.5) is 21.7 Å². The van der Waals surface area contributed by atoms with Gasteiger partial charge in [-0.3, -0.25) is 9.78 Å². The topological polar surface area (TPSA) is 79.8 Å². The van der Waals surface area contributed by atoms with Crippen LogP contribution in [-0.2, 0) is 0 Å². The monoisotopic (exact) mass is 373 g/mol. The highest BCUT2D eigenvalue weighted by Crippen LogP contribution is 2.23. The summed E-state index contributed by atoms with van der Waals surface area (Å²) in [5.74, 6) is -0.482. The van der Waals surface area contributed by atoms with Gasteiger partial charge in [0.15, 0.2) is 0 Å². The van der Waals surface area contributed by atoms with Crippen molar-refractivity contribution in [2.24, 2.45) is 0 Å². The van der Waals surface area contributed by atoms with E-state index >= 15 is 0 Å². The van der Waals surface area contributed by atoms with Crippen molar-refractivity contribution >= 4 is 34.1 Å². The smallest absolute Gasteiger partial charge is 0.274 e. The van der Waals surface area contributed by atoms with Crippen LogP contribution in [0.25, 0.3) is 10.9 Å². The molecular formula is C21H16FN5O. The fraction of sp³-hybridized carbons (Fsp3) is 0.0476. The summed E-state index contributed by atoms with van der Waals surface area (Å²) in [5, 5.41) is 6.82. The molecule has 4 aromatic rings. The van der Waals surface area contributed by atoms with E-state index in [1.54, 1.807) is 19.2 Å². The Morgan fingerprint density at radius 1 is 1.00 bits per heavy atom. The molecule has 0 aliphatic heterocycles. The number of amides is 1. The predicted molar refractivity (Wildman–Crippen MR) is 106 cm³/mol. The predicted octanol–water partition coefficient (Wildman–Crippen LogP) is 4.47. The van der Waals surface area contributed by atoms with E-state index in [1.165, 1.54) is 24.3 Å². The number of benzene rings is 2. The maximum Gasteiger partial charge on any atom is 0.274 e. The van der Waals surface area contributed by atoms with Crippen LogP contribution in [0, 0.1) is 12.7 Å². The molecule has 2 aromatic carbocycles. The van der Waals surface area contributed by atoms with E-state index < -0.39 is 5.91 Å². The lowest BCUT2D eigenvalue weighted by Gasteiger charge is -2.10. The lowest BCUT2D eigenvalue weighted by atomic mass is 10.2. The van der Waals surface area contributed by atoms with E-state index in [0.29, 0.717) is 17.3 Å². The van der Waals surface area contributed by atoms with Gasteiger partial charge in [0.1, 0.15) is 11.5 Å². The Morgan fingerprint density at radius 3 is 2.61 bits per heavy atom. The van der Waals surface area contributed by atoms with Gasteiger partial charge in [0.05, 0.1) is 11.2 Å². The van der Waals surface area contributed by atoms with Gasteiger partial charge < -0.3 is 10.6 Å². The number of hydrogen-bond donors (Lipinski definition) is 2. The summed E-state index contributed by atoms with van der Waals surface area (Å²) in [6.07, 6.45) is 1.71. The van der Waals surface area contributed by atoms with Gasteiger partial charge in [-0.05, 0) is 49.4 Å². The number of aryl methyl sites for hydroxylation is 1. The number of para-hydroxylation sites is 1. The number of rotatable bonds is 4. The molecule has 4 rings (SSSR count). The zero-order valence-electron chi connectivity index (χ0n) is 15.0. The fourth-order valence-corrected chi connectivity index (χ4v) is 2.79. The zero-order chi connectivity index (χ0) is 19.5. The SMILES string of the molecule is Cc1cc(C(=O)Nc2ccc(F)cc2)nc(Nc2cccc3cccnc23)n1.